The molecule has 0 saturated carbocycles. The van der Waals surface area contributed by atoms with E-state index in [2.05, 4.69) is 25.9 Å². The number of hydrogen-bond acceptors (Lipinski definition) is 7. The molecule has 1 aromatic heterocycles. The van der Waals surface area contributed by atoms with Gasteiger partial charge >= 0.3 is 5.97 Å². The monoisotopic (exact) mass is 468 g/mol. The average molecular weight is 469 g/mol. The Bertz CT molecular complexity index is 795. The molecular formula is C21H36N6O6. The number of aliphatic hydroxyl groups excluding tert-OH is 1. The van der Waals surface area contributed by atoms with Crippen LogP contribution in [0.4, 0.5) is 0 Å². The van der Waals surface area contributed by atoms with Crippen molar-refractivity contribution in [3.05, 3.63) is 18.2 Å². The normalized spacial score (nSPS) is 15.9. The molecule has 0 aliphatic carbocycles. The summed E-state index contributed by atoms with van der Waals surface area (Å²) in [6.45, 7) is 8.48. The second kappa shape index (κ2) is 12.9. The SMILES string of the molecule is CC(C)CC(NC(=O)C(NC(=O)C(N)C(C)C)C(C)O)C(=O)NC(Cc1cnc[nH]1)C(=O)O. The Morgan fingerprint density at radius 1 is 1.00 bits per heavy atom. The number of H-pyrrole nitrogens is 1. The summed E-state index contributed by atoms with van der Waals surface area (Å²) in [4.78, 5) is 56.3. The largest absolute Gasteiger partial charge is 0.480 e. The summed E-state index contributed by atoms with van der Waals surface area (Å²) in [5.74, 6) is -3.55. The lowest BCUT2D eigenvalue weighted by molar-refractivity contribution is -0.142. The third-order valence-corrected chi connectivity index (χ3v) is 5.02. The van der Waals surface area contributed by atoms with Gasteiger partial charge in [0.2, 0.25) is 17.7 Å². The summed E-state index contributed by atoms with van der Waals surface area (Å²) in [7, 11) is 0. The van der Waals surface area contributed by atoms with Crippen LogP contribution in [0.1, 0.15) is 46.7 Å². The fraction of sp³-hybridized carbons (Fsp3) is 0.667. The number of aliphatic hydroxyl groups is 1. The Labute approximate surface area is 193 Å². The third-order valence-electron chi connectivity index (χ3n) is 5.02. The standard InChI is InChI=1S/C21H36N6O6/c1-10(2)6-14(18(29)26-15(21(32)33)7-13-8-23-9-24-13)25-20(31)17(12(5)28)27-19(30)16(22)11(3)4/h8-12,14-17,28H,6-7,22H2,1-5H3,(H,23,24)(H,25,31)(H,26,29)(H,27,30)(H,32,33). The maximum atomic E-state index is 12.9. The summed E-state index contributed by atoms with van der Waals surface area (Å²) < 4.78 is 0. The fourth-order valence-electron chi connectivity index (χ4n) is 3.01. The molecule has 8 N–H and O–H groups in total. The van der Waals surface area contributed by atoms with Crippen molar-refractivity contribution in [2.45, 2.75) is 77.7 Å². The molecule has 0 aliphatic heterocycles. The van der Waals surface area contributed by atoms with E-state index in [1.807, 2.05) is 13.8 Å². The molecule has 12 nitrogen and oxygen atoms in total. The zero-order chi connectivity index (χ0) is 25.3. The molecule has 1 heterocycles. The van der Waals surface area contributed by atoms with E-state index in [0.717, 1.165) is 0 Å². The highest BCUT2D eigenvalue weighted by atomic mass is 16.4. The minimum Gasteiger partial charge on any atom is -0.480 e. The number of hydrogen-bond donors (Lipinski definition) is 7. The lowest BCUT2D eigenvalue weighted by Crippen LogP contribution is -2.60. The van der Waals surface area contributed by atoms with E-state index in [1.54, 1.807) is 13.8 Å². The van der Waals surface area contributed by atoms with E-state index in [4.69, 9.17) is 5.73 Å². The Hall–Kier alpha value is -2.99. The van der Waals surface area contributed by atoms with Crippen LogP contribution in [-0.4, -0.2) is 74.1 Å². The van der Waals surface area contributed by atoms with E-state index in [0.29, 0.717) is 5.69 Å². The van der Waals surface area contributed by atoms with Gasteiger partial charge in [-0.05, 0) is 25.2 Å². The molecule has 33 heavy (non-hydrogen) atoms. The molecule has 0 spiro atoms. The first kappa shape index (κ1) is 28.0. The van der Waals surface area contributed by atoms with Gasteiger partial charge in [0.25, 0.3) is 0 Å². The Morgan fingerprint density at radius 3 is 2.06 bits per heavy atom. The van der Waals surface area contributed by atoms with E-state index in [9.17, 15) is 29.4 Å². The molecule has 0 aromatic carbocycles. The highest BCUT2D eigenvalue weighted by Gasteiger charge is 2.33. The van der Waals surface area contributed by atoms with E-state index >= 15 is 0 Å². The first-order chi connectivity index (χ1) is 15.3. The van der Waals surface area contributed by atoms with Crippen molar-refractivity contribution < 1.29 is 29.4 Å². The summed E-state index contributed by atoms with van der Waals surface area (Å²) in [5.41, 5.74) is 6.33. The van der Waals surface area contributed by atoms with Crippen molar-refractivity contribution in [2.75, 3.05) is 0 Å². The summed E-state index contributed by atoms with van der Waals surface area (Å²) in [6.07, 6.45) is 1.77. The maximum absolute atomic E-state index is 12.9. The molecule has 5 unspecified atom stereocenters. The highest BCUT2D eigenvalue weighted by molar-refractivity contribution is 5.94. The number of nitrogens with one attached hydrogen (secondary N) is 4. The molecule has 3 amide bonds. The van der Waals surface area contributed by atoms with Gasteiger partial charge in [0.1, 0.15) is 18.1 Å². The van der Waals surface area contributed by atoms with E-state index in [1.165, 1.54) is 19.4 Å². The van der Waals surface area contributed by atoms with E-state index in [-0.39, 0.29) is 24.7 Å². The lowest BCUT2D eigenvalue weighted by atomic mass is 10.0. The van der Waals surface area contributed by atoms with Crippen molar-refractivity contribution >= 4 is 23.7 Å². The molecule has 5 atom stereocenters. The summed E-state index contributed by atoms with van der Waals surface area (Å²) >= 11 is 0. The number of nitrogens with zero attached hydrogens (tertiary/aromatic N) is 1. The van der Waals surface area contributed by atoms with Crippen LogP contribution in [0.5, 0.6) is 0 Å². The second-order valence-electron chi connectivity index (χ2n) is 8.87. The van der Waals surface area contributed by atoms with Gasteiger partial charge in [0.15, 0.2) is 0 Å². The van der Waals surface area contributed by atoms with Crippen LogP contribution in [0.15, 0.2) is 12.5 Å². The molecule has 1 rings (SSSR count). The molecule has 0 saturated heterocycles. The Morgan fingerprint density at radius 2 is 1.61 bits per heavy atom. The quantitative estimate of drug-likeness (QED) is 0.189. The van der Waals surface area contributed by atoms with Crippen LogP contribution in [0, 0.1) is 11.8 Å². The van der Waals surface area contributed by atoms with Crippen molar-refractivity contribution in [2.24, 2.45) is 17.6 Å². The minimum absolute atomic E-state index is 0.0223. The molecule has 186 valence electrons. The van der Waals surface area contributed by atoms with Crippen LogP contribution in [-0.2, 0) is 25.6 Å². The van der Waals surface area contributed by atoms with Gasteiger partial charge in [0, 0.05) is 18.3 Å². The molecule has 12 heteroatoms. The number of amides is 3. The van der Waals surface area contributed by atoms with Crippen LogP contribution >= 0.6 is 0 Å². The van der Waals surface area contributed by atoms with Crippen LogP contribution in [0.3, 0.4) is 0 Å². The summed E-state index contributed by atoms with van der Waals surface area (Å²) in [6, 6.07) is -4.56. The lowest BCUT2D eigenvalue weighted by Gasteiger charge is -2.27. The maximum Gasteiger partial charge on any atom is 0.326 e. The molecule has 0 radical (unpaired) electrons. The van der Waals surface area contributed by atoms with Crippen molar-refractivity contribution in [3.63, 3.8) is 0 Å². The van der Waals surface area contributed by atoms with Gasteiger partial charge in [0.05, 0.1) is 18.5 Å². The van der Waals surface area contributed by atoms with Crippen LogP contribution < -0.4 is 21.7 Å². The number of aromatic amines is 1. The second-order valence-corrected chi connectivity index (χ2v) is 8.87. The molecular weight excluding hydrogens is 432 g/mol. The fourth-order valence-corrected chi connectivity index (χ4v) is 3.01. The van der Waals surface area contributed by atoms with Crippen LogP contribution in [0.2, 0.25) is 0 Å². The van der Waals surface area contributed by atoms with Gasteiger partial charge in [-0.15, -0.1) is 0 Å². The number of imidazole rings is 1. The van der Waals surface area contributed by atoms with Gasteiger partial charge in [-0.3, -0.25) is 14.4 Å². The third kappa shape index (κ3) is 9.18. The van der Waals surface area contributed by atoms with Crippen molar-refractivity contribution in [3.8, 4) is 0 Å². The predicted octanol–water partition coefficient (Wildman–Crippen LogP) is -1.10. The molecule has 0 bridgehead atoms. The zero-order valence-corrected chi connectivity index (χ0v) is 19.7. The molecule has 0 fully saturated rings. The number of carbonyl (C=O) groups is 4. The number of aromatic nitrogens is 2. The van der Waals surface area contributed by atoms with Gasteiger partial charge in [-0.1, -0.05) is 27.7 Å². The van der Waals surface area contributed by atoms with Crippen molar-refractivity contribution in [1.29, 1.82) is 0 Å². The van der Waals surface area contributed by atoms with E-state index < -0.39 is 54.0 Å². The topological polar surface area (TPSA) is 200 Å². The number of rotatable bonds is 13. The first-order valence-electron chi connectivity index (χ1n) is 10.9. The van der Waals surface area contributed by atoms with Gasteiger partial charge in [-0.25, -0.2) is 9.78 Å². The minimum atomic E-state index is -1.34. The number of aliphatic carboxylic acids is 1. The first-order valence-corrected chi connectivity index (χ1v) is 10.9. The molecule has 1 aromatic rings. The number of carboxylic acid groups (broad SMARTS) is 1. The number of carboxylic acids is 1. The average Bonchev–Trinajstić information content (AvgIpc) is 3.22. The number of carbonyl (C=O) groups excluding carboxylic acids is 3. The predicted molar refractivity (Wildman–Crippen MR) is 120 cm³/mol. The zero-order valence-electron chi connectivity index (χ0n) is 19.7. The number of nitrogens with two attached hydrogens (primary N) is 1. The molecule has 0 aliphatic rings. The Balaban J connectivity index is 2.96. The Kier molecular flexibility index (Phi) is 11.0. The highest BCUT2D eigenvalue weighted by Crippen LogP contribution is 2.08. The van der Waals surface area contributed by atoms with Gasteiger partial charge < -0.3 is 36.9 Å². The van der Waals surface area contributed by atoms with Crippen molar-refractivity contribution in [1.82, 2.24) is 25.9 Å². The van der Waals surface area contributed by atoms with Crippen LogP contribution in [0.25, 0.3) is 0 Å². The summed E-state index contributed by atoms with van der Waals surface area (Å²) in [5, 5.41) is 26.9. The van der Waals surface area contributed by atoms with Gasteiger partial charge in [-0.2, -0.15) is 0 Å². The smallest absolute Gasteiger partial charge is 0.326 e.